The van der Waals surface area contributed by atoms with Crippen molar-refractivity contribution in [3.8, 4) is 0 Å². The normalized spacial score (nSPS) is 26.5. The lowest BCUT2D eigenvalue weighted by molar-refractivity contribution is 0.312. The molecule has 1 aliphatic rings. The van der Waals surface area contributed by atoms with Gasteiger partial charge in [-0.25, -0.2) is 0 Å². The first-order valence-corrected chi connectivity index (χ1v) is 6.88. The standard InChI is InChI=1S/C13H25N3O2/c1-16-10-6-2-4-8-12(14-17)13(15-18)9-5-3-7-11-16/h17-18H,2-11H2,1H3/b14-12-,15-13+. The Bertz CT molecular complexity index is 262. The Morgan fingerprint density at radius 2 is 1.22 bits per heavy atom. The van der Waals surface area contributed by atoms with E-state index in [9.17, 15) is 0 Å². The van der Waals surface area contributed by atoms with Crippen LogP contribution in [0.3, 0.4) is 0 Å². The summed E-state index contributed by atoms with van der Waals surface area (Å²) in [6.45, 7) is 2.26. The van der Waals surface area contributed by atoms with Gasteiger partial charge in [-0.2, -0.15) is 0 Å². The van der Waals surface area contributed by atoms with Crippen molar-refractivity contribution in [1.82, 2.24) is 4.90 Å². The molecule has 0 saturated carbocycles. The molecule has 0 aromatic carbocycles. The summed E-state index contributed by atoms with van der Waals surface area (Å²) in [6.07, 6.45) is 7.91. The van der Waals surface area contributed by atoms with E-state index in [1.807, 2.05) is 0 Å². The highest BCUT2D eigenvalue weighted by Crippen LogP contribution is 2.10. The summed E-state index contributed by atoms with van der Waals surface area (Å²) < 4.78 is 0. The zero-order chi connectivity index (χ0) is 13.2. The number of nitrogens with zero attached hydrogens (tertiary/aromatic N) is 3. The maximum absolute atomic E-state index is 8.98. The van der Waals surface area contributed by atoms with Crippen molar-refractivity contribution in [2.75, 3.05) is 20.1 Å². The summed E-state index contributed by atoms with van der Waals surface area (Å²) in [5, 5.41) is 24.5. The maximum Gasteiger partial charge on any atom is 0.104 e. The monoisotopic (exact) mass is 255 g/mol. The van der Waals surface area contributed by atoms with Crippen molar-refractivity contribution in [3.63, 3.8) is 0 Å². The highest BCUT2D eigenvalue weighted by atomic mass is 16.4. The highest BCUT2D eigenvalue weighted by molar-refractivity contribution is 6.42. The second-order valence-electron chi connectivity index (χ2n) is 5.02. The van der Waals surface area contributed by atoms with Gasteiger partial charge in [-0.1, -0.05) is 23.2 Å². The molecule has 0 aromatic heterocycles. The van der Waals surface area contributed by atoms with E-state index in [1.54, 1.807) is 0 Å². The largest absolute Gasteiger partial charge is 0.411 e. The Hall–Kier alpha value is -1.10. The van der Waals surface area contributed by atoms with E-state index < -0.39 is 0 Å². The van der Waals surface area contributed by atoms with Crippen molar-refractivity contribution in [3.05, 3.63) is 0 Å². The van der Waals surface area contributed by atoms with Crippen LogP contribution in [0.5, 0.6) is 0 Å². The molecular weight excluding hydrogens is 230 g/mol. The Morgan fingerprint density at radius 1 is 0.778 bits per heavy atom. The number of oxime groups is 2. The Balaban J connectivity index is 2.55. The van der Waals surface area contributed by atoms with Gasteiger partial charge in [-0.15, -0.1) is 0 Å². The minimum atomic E-state index is 0.546. The third-order valence-electron chi connectivity index (χ3n) is 3.48. The van der Waals surface area contributed by atoms with E-state index in [0.29, 0.717) is 24.3 Å². The molecule has 1 saturated heterocycles. The van der Waals surface area contributed by atoms with Crippen molar-refractivity contribution in [2.24, 2.45) is 10.3 Å². The van der Waals surface area contributed by atoms with Crippen LogP contribution in [0.15, 0.2) is 10.3 Å². The number of hydrogen-bond acceptors (Lipinski definition) is 5. The summed E-state index contributed by atoms with van der Waals surface area (Å²) in [6, 6.07) is 0. The fourth-order valence-electron chi connectivity index (χ4n) is 2.32. The summed E-state index contributed by atoms with van der Waals surface area (Å²) >= 11 is 0. The van der Waals surface area contributed by atoms with Gasteiger partial charge in [0.1, 0.15) is 11.4 Å². The topological polar surface area (TPSA) is 68.4 Å². The number of hydrogen-bond donors (Lipinski definition) is 2. The average molecular weight is 255 g/mol. The van der Waals surface area contributed by atoms with Crippen molar-refractivity contribution < 1.29 is 10.4 Å². The summed E-state index contributed by atoms with van der Waals surface area (Å²) in [7, 11) is 2.17. The first-order valence-electron chi connectivity index (χ1n) is 6.88. The van der Waals surface area contributed by atoms with E-state index in [-0.39, 0.29) is 0 Å². The summed E-state index contributed by atoms with van der Waals surface area (Å²) in [5.41, 5.74) is 1.09. The van der Waals surface area contributed by atoms with Crippen LogP contribution in [0, 0.1) is 0 Å². The maximum atomic E-state index is 8.98. The van der Waals surface area contributed by atoms with Crippen LogP contribution >= 0.6 is 0 Å². The van der Waals surface area contributed by atoms with Gasteiger partial charge in [0.15, 0.2) is 0 Å². The van der Waals surface area contributed by atoms with Crippen LogP contribution in [0.2, 0.25) is 0 Å². The molecule has 5 nitrogen and oxygen atoms in total. The fourth-order valence-corrected chi connectivity index (χ4v) is 2.32. The molecule has 5 heteroatoms. The first-order chi connectivity index (χ1) is 8.77. The second-order valence-corrected chi connectivity index (χ2v) is 5.02. The lowest BCUT2D eigenvalue weighted by Gasteiger charge is -2.15. The fraction of sp³-hybridized carbons (Fsp3) is 0.846. The molecule has 0 atom stereocenters. The Morgan fingerprint density at radius 3 is 1.61 bits per heavy atom. The Kier molecular flexibility index (Phi) is 7.41. The van der Waals surface area contributed by atoms with Gasteiger partial charge < -0.3 is 15.3 Å². The van der Waals surface area contributed by atoms with Crippen LogP contribution in [-0.4, -0.2) is 46.9 Å². The minimum Gasteiger partial charge on any atom is -0.411 e. The number of rotatable bonds is 0. The molecule has 0 radical (unpaired) electrons. The van der Waals surface area contributed by atoms with Gasteiger partial charge in [-0.3, -0.25) is 0 Å². The van der Waals surface area contributed by atoms with E-state index in [2.05, 4.69) is 22.3 Å². The van der Waals surface area contributed by atoms with Gasteiger partial charge >= 0.3 is 0 Å². The predicted octanol–water partition coefficient (Wildman–Crippen LogP) is 2.71. The lowest BCUT2D eigenvalue weighted by Crippen LogP contribution is -2.20. The van der Waals surface area contributed by atoms with Crippen molar-refractivity contribution >= 4 is 11.4 Å². The molecule has 0 bridgehead atoms. The zero-order valence-corrected chi connectivity index (χ0v) is 11.3. The minimum absolute atomic E-state index is 0.546. The molecule has 1 aliphatic heterocycles. The SMILES string of the molecule is CN1CCCCCC(=N/O)/C(=N/O)CCCCC1. The molecule has 104 valence electrons. The van der Waals surface area contributed by atoms with Crippen LogP contribution in [-0.2, 0) is 0 Å². The van der Waals surface area contributed by atoms with Crippen LogP contribution in [0.4, 0.5) is 0 Å². The molecule has 0 aromatic rings. The van der Waals surface area contributed by atoms with E-state index in [0.717, 1.165) is 38.8 Å². The molecule has 1 rings (SSSR count). The van der Waals surface area contributed by atoms with Crippen molar-refractivity contribution in [1.29, 1.82) is 0 Å². The average Bonchev–Trinajstić information content (AvgIpc) is 2.40. The third kappa shape index (κ3) is 5.49. The molecule has 0 aliphatic carbocycles. The quantitative estimate of drug-likeness (QED) is 0.516. The first kappa shape index (κ1) is 15.0. The van der Waals surface area contributed by atoms with Gasteiger partial charge in [0.25, 0.3) is 0 Å². The lowest BCUT2D eigenvalue weighted by atomic mass is 10.0. The molecule has 0 unspecified atom stereocenters. The van der Waals surface area contributed by atoms with Crippen LogP contribution < -0.4 is 0 Å². The second kappa shape index (κ2) is 8.91. The van der Waals surface area contributed by atoms with Crippen molar-refractivity contribution in [2.45, 2.75) is 51.4 Å². The molecule has 1 fully saturated rings. The van der Waals surface area contributed by atoms with Gasteiger partial charge in [0, 0.05) is 0 Å². The highest BCUT2D eigenvalue weighted by Gasteiger charge is 2.11. The van der Waals surface area contributed by atoms with Gasteiger partial charge in [-0.05, 0) is 58.7 Å². The smallest absolute Gasteiger partial charge is 0.104 e. The molecule has 1 heterocycles. The van der Waals surface area contributed by atoms with Gasteiger partial charge in [0.2, 0.25) is 0 Å². The van der Waals surface area contributed by atoms with Gasteiger partial charge in [0.05, 0.1) is 0 Å². The molecule has 18 heavy (non-hydrogen) atoms. The molecular formula is C13H25N3O2. The summed E-state index contributed by atoms with van der Waals surface area (Å²) in [4.78, 5) is 2.37. The van der Waals surface area contributed by atoms with E-state index in [1.165, 1.54) is 12.8 Å². The van der Waals surface area contributed by atoms with Crippen LogP contribution in [0.25, 0.3) is 0 Å². The predicted molar refractivity (Wildman–Crippen MR) is 72.9 cm³/mol. The zero-order valence-electron chi connectivity index (χ0n) is 11.3. The summed E-state index contributed by atoms with van der Waals surface area (Å²) in [5.74, 6) is 0. The molecule has 0 amide bonds. The Labute approximate surface area is 109 Å². The van der Waals surface area contributed by atoms with E-state index in [4.69, 9.17) is 10.4 Å². The third-order valence-corrected chi connectivity index (χ3v) is 3.48. The molecule has 2 N–H and O–H groups in total. The molecule has 0 spiro atoms. The van der Waals surface area contributed by atoms with Crippen LogP contribution in [0.1, 0.15) is 51.4 Å². The van der Waals surface area contributed by atoms with E-state index >= 15 is 0 Å².